The van der Waals surface area contributed by atoms with Crippen molar-refractivity contribution in [2.75, 3.05) is 5.32 Å². The van der Waals surface area contributed by atoms with Gasteiger partial charge in [-0.25, -0.2) is 4.98 Å². The highest BCUT2D eigenvalue weighted by atomic mass is 15.3. The second-order valence-corrected chi connectivity index (χ2v) is 5.38. The summed E-state index contributed by atoms with van der Waals surface area (Å²) >= 11 is 0. The molecule has 0 radical (unpaired) electrons. The number of hydrogen-bond donors (Lipinski definition) is 1. The molecule has 1 unspecified atom stereocenters. The van der Waals surface area contributed by atoms with Crippen molar-refractivity contribution in [1.29, 1.82) is 0 Å². The number of nitrogens with zero attached hydrogens (tertiary/aromatic N) is 3. The van der Waals surface area contributed by atoms with Crippen LogP contribution in [0.5, 0.6) is 0 Å². The molecule has 2 aromatic heterocycles. The van der Waals surface area contributed by atoms with E-state index in [9.17, 15) is 0 Å². The van der Waals surface area contributed by atoms with Gasteiger partial charge in [0.15, 0.2) is 5.65 Å². The monoisotopic (exact) mass is 244 g/mol. The Morgan fingerprint density at radius 3 is 3.00 bits per heavy atom. The van der Waals surface area contributed by atoms with Crippen LogP contribution in [0.25, 0.3) is 5.65 Å². The van der Waals surface area contributed by atoms with Crippen LogP contribution in [0.1, 0.15) is 38.2 Å². The quantitative estimate of drug-likeness (QED) is 0.879. The zero-order valence-electron chi connectivity index (χ0n) is 11.1. The van der Waals surface area contributed by atoms with Crippen LogP contribution in [0.4, 0.5) is 5.82 Å². The lowest BCUT2D eigenvalue weighted by Gasteiger charge is -2.18. The van der Waals surface area contributed by atoms with Crippen molar-refractivity contribution in [2.24, 2.45) is 5.92 Å². The fourth-order valence-electron chi connectivity index (χ4n) is 2.45. The molecule has 96 valence electrons. The number of aromatic nitrogens is 3. The van der Waals surface area contributed by atoms with E-state index in [1.165, 1.54) is 24.8 Å². The summed E-state index contributed by atoms with van der Waals surface area (Å²) in [6.07, 6.45) is 6.86. The van der Waals surface area contributed by atoms with E-state index in [4.69, 9.17) is 0 Å². The number of anilines is 1. The first-order valence-electron chi connectivity index (χ1n) is 6.83. The van der Waals surface area contributed by atoms with E-state index in [1.54, 1.807) is 6.33 Å². The van der Waals surface area contributed by atoms with Gasteiger partial charge in [-0.1, -0.05) is 19.8 Å². The van der Waals surface area contributed by atoms with Gasteiger partial charge in [-0.3, -0.25) is 0 Å². The predicted molar refractivity (Wildman–Crippen MR) is 72.8 cm³/mol. The van der Waals surface area contributed by atoms with E-state index in [2.05, 4.69) is 41.4 Å². The van der Waals surface area contributed by atoms with Gasteiger partial charge in [-0.15, -0.1) is 0 Å². The summed E-state index contributed by atoms with van der Waals surface area (Å²) in [5, 5.41) is 7.92. The van der Waals surface area contributed by atoms with E-state index < -0.39 is 0 Å². The van der Waals surface area contributed by atoms with Crippen LogP contribution in [-0.4, -0.2) is 20.6 Å². The Balaban J connectivity index is 1.85. The maximum absolute atomic E-state index is 4.28. The predicted octanol–water partition coefficient (Wildman–Crippen LogP) is 3.03. The van der Waals surface area contributed by atoms with Crippen molar-refractivity contribution in [1.82, 2.24) is 14.6 Å². The minimum Gasteiger partial charge on any atom is -0.367 e. The van der Waals surface area contributed by atoms with E-state index >= 15 is 0 Å². The van der Waals surface area contributed by atoms with Crippen LogP contribution in [0, 0.1) is 12.8 Å². The van der Waals surface area contributed by atoms with Gasteiger partial charge in [0.1, 0.15) is 12.1 Å². The zero-order chi connectivity index (χ0) is 12.5. The third kappa shape index (κ3) is 2.33. The summed E-state index contributed by atoms with van der Waals surface area (Å²) < 4.78 is 1.89. The van der Waals surface area contributed by atoms with Gasteiger partial charge < -0.3 is 5.32 Å². The van der Waals surface area contributed by atoms with Crippen LogP contribution in [-0.2, 0) is 0 Å². The lowest BCUT2D eigenvalue weighted by atomic mass is 10.1. The SMILES string of the molecule is CCC(CC1CC1)Nc1cc(C)cc2ncnn12. The molecule has 1 N–H and O–H groups in total. The molecule has 4 nitrogen and oxygen atoms in total. The van der Waals surface area contributed by atoms with Crippen molar-refractivity contribution >= 4 is 11.5 Å². The molecular formula is C14H20N4. The minimum atomic E-state index is 0.548. The van der Waals surface area contributed by atoms with Gasteiger partial charge >= 0.3 is 0 Å². The number of nitrogens with one attached hydrogen (secondary N) is 1. The molecule has 1 saturated carbocycles. The molecule has 1 aliphatic carbocycles. The molecule has 0 aromatic carbocycles. The summed E-state index contributed by atoms with van der Waals surface area (Å²) in [6.45, 7) is 4.34. The van der Waals surface area contributed by atoms with Crippen LogP contribution in [0.3, 0.4) is 0 Å². The molecular weight excluding hydrogens is 224 g/mol. The summed E-state index contributed by atoms with van der Waals surface area (Å²) in [6, 6.07) is 4.75. The third-order valence-corrected chi connectivity index (χ3v) is 3.68. The molecule has 0 saturated heterocycles. The summed E-state index contributed by atoms with van der Waals surface area (Å²) in [4.78, 5) is 4.26. The van der Waals surface area contributed by atoms with E-state index in [0.29, 0.717) is 6.04 Å². The molecule has 1 atom stereocenters. The summed E-state index contributed by atoms with van der Waals surface area (Å²) in [7, 11) is 0. The highest BCUT2D eigenvalue weighted by molar-refractivity contribution is 5.51. The lowest BCUT2D eigenvalue weighted by molar-refractivity contribution is 0.583. The van der Waals surface area contributed by atoms with Crippen LogP contribution < -0.4 is 5.32 Å². The zero-order valence-corrected chi connectivity index (χ0v) is 11.1. The summed E-state index contributed by atoms with van der Waals surface area (Å²) in [5.74, 6) is 2.01. The number of aryl methyl sites for hydroxylation is 1. The molecule has 1 fully saturated rings. The minimum absolute atomic E-state index is 0.548. The molecule has 4 heteroatoms. The van der Waals surface area contributed by atoms with Crippen molar-refractivity contribution in [3.8, 4) is 0 Å². The van der Waals surface area contributed by atoms with Gasteiger partial charge in [0.25, 0.3) is 0 Å². The average Bonchev–Trinajstić information content (AvgIpc) is 3.03. The molecule has 0 aliphatic heterocycles. The first kappa shape index (κ1) is 11.5. The maximum Gasteiger partial charge on any atom is 0.157 e. The van der Waals surface area contributed by atoms with Gasteiger partial charge in [0.2, 0.25) is 0 Å². The fraction of sp³-hybridized carbons (Fsp3) is 0.571. The molecule has 18 heavy (non-hydrogen) atoms. The highest BCUT2D eigenvalue weighted by Gasteiger charge is 2.25. The third-order valence-electron chi connectivity index (χ3n) is 3.68. The first-order chi connectivity index (χ1) is 8.76. The fourth-order valence-corrected chi connectivity index (χ4v) is 2.45. The summed E-state index contributed by atoms with van der Waals surface area (Å²) in [5.41, 5.74) is 2.14. The van der Waals surface area contributed by atoms with Gasteiger partial charge in [-0.05, 0) is 43.4 Å². The number of pyridine rings is 1. The Kier molecular flexibility index (Phi) is 2.94. The van der Waals surface area contributed by atoms with Gasteiger partial charge in [0.05, 0.1) is 0 Å². The van der Waals surface area contributed by atoms with Crippen LogP contribution in [0.2, 0.25) is 0 Å². The Morgan fingerprint density at radius 2 is 2.28 bits per heavy atom. The van der Waals surface area contributed by atoms with Gasteiger partial charge in [-0.2, -0.15) is 9.61 Å². The largest absolute Gasteiger partial charge is 0.367 e. The Labute approximate surface area is 107 Å². The average molecular weight is 244 g/mol. The molecule has 0 amide bonds. The Hall–Kier alpha value is -1.58. The molecule has 0 bridgehead atoms. The Bertz CT molecular complexity index is 542. The second kappa shape index (κ2) is 4.59. The smallest absolute Gasteiger partial charge is 0.157 e. The molecule has 2 aromatic rings. The first-order valence-corrected chi connectivity index (χ1v) is 6.83. The van der Waals surface area contributed by atoms with Crippen molar-refractivity contribution in [3.63, 3.8) is 0 Å². The second-order valence-electron chi connectivity index (χ2n) is 5.38. The van der Waals surface area contributed by atoms with E-state index in [-0.39, 0.29) is 0 Å². The molecule has 3 rings (SSSR count). The number of hydrogen-bond acceptors (Lipinski definition) is 3. The van der Waals surface area contributed by atoms with Gasteiger partial charge in [0, 0.05) is 6.04 Å². The molecule has 0 spiro atoms. The lowest BCUT2D eigenvalue weighted by Crippen LogP contribution is -2.21. The highest BCUT2D eigenvalue weighted by Crippen LogP contribution is 2.34. The molecule has 1 aliphatic rings. The van der Waals surface area contributed by atoms with Crippen molar-refractivity contribution in [3.05, 3.63) is 24.0 Å². The van der Waals surface area contributed by atoms with Crippen molar-refractivity contribution in [2.45, 2.75) is 45.6 Å². The van der Waals surface area contributed by atoms with Crippen molar-refractivity contribution < 1.29 is 0 Å². The Morgan fingerprint density at radius 1 is 1.44 bits per heavy atom. The standard InChI is InChI=1S/C14H20N4/c1-3-12(8-11-4-5-11)17-14-7-10(2)6-13-15-9-16-18(13)14/h6-7,9,11-12,17H,3-5,8H2,1-2H3. The normalized spacial score (nSPS) is 17.0. The number of rotatable bonds is 5. The number of fused-ring (bicyclic) bond motifs is 1. The van der Waals surface area contributed by atoms with Crippen LogP contribution in [0.15, 0.2) is 18.5 Å². The van der Waals surface area contributed by atoms with Crippen LogP contribution >= 0.6 is 0 Å². The van der Waals surface area contributed by atoms with E-state index in [1.807, 2.05) is 4.52 Å². The maximum atomic E-state index is 4.28. The molecule has 2 heterocycles. The van der Waals surface area contributed by atoms with E-state index in [0.717, 1.165) is 23.8 Å². The topological polar surface area (TPSA) is 42.2 Å².